The van der Waals surface area contributed by atoms with Crippen molar-refractivity contribution < 1.29 is 18.7 Å². The molecule has 2 heterocycles. The zero-order valence-electron chi connectivity index (χ0n) is 12.8. The molecule has 2 N–H and O–H groups in total. The fraction of sp³-hybridized carbons (Fsp3) is 0.188. The van der Waals surface area contributed by atoms with E-state index in [9.17, 15) is 18.7 Å². The van der Waals surface area contributed by atoms with Crippen molar-refractivity contribution in [2.24, 2.45) is 4.99 Å². The number of benzene rings is 1. The predicted octanol–water partition coefficient (Wildman–Crippen LogP) is 3.05. The van der Waals surface area contributed by atoms with Crippen LogP contribution >= 0.6 is 11.3 Å². The predicted molar refractivity (Wildman–Crippen MR) is 85.8 cm³/mol. The van der Waals surface area contributed by atoms with E-state index >= 15 is 0 Å². The van der Waals surface area contributed by atoms with Gasteiger partial charge in [-0.2, -0.15) is 0 Å². The summed E-state index contributed by atoms with van der Waals surface area (Å²) >= 11 is 1.33. The van der Waals surface area contributed by atoms with Gasteiger partial charge in [-0.05, 0) is 31.5 Å². The first-order chi connectivity index (χ1) is 11.3. The van der Waals surface area contributed by atoms with Crippen LogP contribution in [0.5, 0.6) is 0 Å². The third kappa shape index (κ3) is 2.58. The number of aromatic nitrogens is 1. The minimum atomic E-state index is -1.38. The third-order valence-corrected chi connectivity index (χ3v) is 4.61. The molecule has 0 radical (unpaired) electrons. The highest BCUT2D eigenvalue weighted by Crippen LogP contribution is 2.38. The molecule has 1 aromatic heterocycles. The van der Waals surface area contributed by atoms with E-state index in [1.165, 1.54) is 17.4 Å². The van der Waals surface area contributed by atoms with Crippen LogP contribution in [0, 0.1) is 11.6 Å². The molecule has 0 amide bonds. The summed E-state index contributed by atoms with van der Waals surface area (Å²) in [6, 6.07) is 3.27. The SMILES string of the molecule is CC1=C(C(=O)O)C(C)(c2ccc(F)c(F)c2)N=C(c2nccs2)N1. The minimum absolute atomic E-state index is 0.0335. The van der Waals surface area contributed by atoms with Gasteiger partial charge in [0.25, 0.3) is 0 Å². The van der Waals surface area contributed by atoms with Crippen LogP contribution < -0.4 is 5.32 Å². The number of aliphatic imine (C=N–C) groups is 1. The second kappa shape index (κ2) is 5.79. The van der Waals surface area contributed by atoms with Gasteiger partial charge in [0.1, 0.15) is 5.54 Å². The Hall–Kier alpha value is -2.61. The van der Waals surface area contributed by atoms with Gasteiger partial charge in [0, 0.05) is 17.3 Å². The highest BCUT2D eigenvalue weighted by Gasteiger charge is 2.41. The molecule has 0 aliphatic carbocycles. The van der Waals surface area contributed by atoms with Crippen LogP contribution in [0.3, 0.4) is 0 Å². The first-order valence-corrected chi connectivity index (χ1v) is 7.88. The average molecular weight is 349 g/mol. The van der Waals surface area contributed by atoms with E-state index in [-0.39, 0.29) is 11.1 Å². The van der Waals surface area contributed by atoms with Crippen molar-refractivity contribution in [2.75, 3.05) is 0 Å². The number of hydrogen-bond donors (Lipinski definition) is 2. The Kier molecular flexibility index (Phi) is 3.92. The monoisotopic (exact) mass is 349 g/mol. The van der Waals surface area contributed by atoms with Crippen molar-refractivity contribution in [1.29, 1.82) is 0 Å². The Morgan fingerprint density at radius 2 is 2.08 bits per heavy atom. The Balaban J connectivity index is 2.22. The molecular formula is C16H13F2N3O2S. The largest absolute Gasteiger partial charge is 0.478 e. The Morgan fingerprint density at radius 3 is 2.67 bits per heavy atom. The second-order valence-corrected chi connectivity index (χ2v) is 6.32. The zero-order valence-corrected chi connectivity index (χ0v) is 13.6. The van der Waals surface area contributed by atoms with E-state index in [4.69, 9.17) is 0 Å². The van der Waals surface area contributed by atoms with Gasteiger partial charge >= 0.3 is 5.97 Å². The van der Waals surface area contributed by atoms with Gasteiger partial charge < -0.3 is 10.4 Å². The summed E-state index contributed by atoms with van der Waals surface area (Å²) in [6.07, 6.45) is 1.60. The van der Waals surface area contributed by atoms with Crippen molar-refractivity contribution in [2.45, 2.75) is 19.4 Å². The number of thiazole rings is 1. The number of aliphatic carboxylic acids is 1. The topological polar surface area (TPSA) is 74.6 Å². The molecule has 124 valence electrons. The number of nitrogens with one attached hydrogen (secondary N) is 1. The summed E-state index contributed by atoms with van der Waals surface area (Å²) in [5.74, 6) is -2.85. The number of rotatable bonds is 3. The summed E-state index contributed by atoms with van der Waals surface area (Å²) in [6.45, 7) is 3.16. The Bertz CT molecular complexity index is 877. The van der Waals surface area contributed by atoms with E-state index in [1.54, 1.807) is 25.4 Å². The summed E-state index contributed by atoms with van der Waals surface area (Å²) < 4.78 is 27.0. The molecule has 0 saturated carbocycles. The van der Waals surface area contributed by atoms with Gasteiger partial charge in [-0.1, -0.05) is 6.07 Å². The molecule has 3 rings (SSSR count). The van der Waals surface area contributed by atoms with Crippen molar-refractivity contribution >= 4 is 23.1 Å². The fourth-order valence-electron chi connectivity index (χ4n) is 2.73. The molecule has 2 aromatic rings. The van der Waals surface area contributed by atoms with Crippen LogP contribution in [-0.2, 0) is 10.3 Å². The van der Waals surface area contributed by atoms with Crippen LogP contribution in [-0.4, -0.2) is 21.9 Å². The van der Waals surface area contributed by atoms with Crippen LogP contribution in [0.25, 0.3) is 0 Å². The Morgan fingerprint density at radius 1 is 1.33 bits per heavy atom. The number of amidine groups is 1. The quantitative estimate of drug-likeness (QED) is 0.893. The van der Waals surface area contributed by atoms with Gasteiger partial charge in [0.05, 0.1) is 5.57 Å². The molecule has 0 bridgehead atoms. The number of carboxylic acids is 1. The molecule has 1 aliphatic rings. The number of hydrogen-bond acceptors (Lipinski definition) is 5. The van der Waals surface area contributed by atoms with Crippen LogP contribution in [0.4, 0.5) is 8.78 Å². The summed E-state index contributed by atoms with van der Waals surface area (Å²) in [4.78, 5) is 20.4. The fourth-order valence-corrected chi connectivity index (χ4v) is 3.31. The molecule has 1 atom stereocenters. The van der Waals surface area contributed by atoms with Crippen molar-refractivity contribution in [3.05, 3.63) is 63.3 Å². The number of nitrogens with zero attached hydrogens (tertiary/aromatic N) is 2. The van der Waals surface area contributed by atoms with Crippen molar-refractivity contribution in [1.82, 2.24) is 10.3 Å². The molecule has 0 spiro atoms. The molecule has 1 aliphatic heterocycles. The molecule has 0 fully saturated rings. The first-order valence-electron chi connectivity index (χ1n) is 7.00. The Labute approximate surface area is 140 Å². The number of allylic oxidation sites excluding steroid dienone is 1. The molecule has 0 saturated heterocycles. The normalized spacial score (nSPS) is 20.6. The maximum atomic E-state index is 13.7. The van der Waals surface area contributed by atoms with Gasteiger partial charge in [0.15, 0.2) is 22.5 Å². The van der Waals surface area contributed by atoms with E-state index in [2.05, 4.69) is 15.3 Å². The molecule has 1 aromatic carbocycles. The van der Waals surface area contributed by atoms with Crippen molar-refractivity contribution in [3.63, 3.8) is 0 Å². The second-order valence-electron chi connectivity index (χ2n) is 5.43. The number of carboxylic acid groups (broad SMARTS) is 1. The zero-order chi connectivity index (χ0) is 17.5. The number of carbonyl (C=O) groups is 1. The maximum Gasteiger partial charge on any atom is 0.336 e. The van der Waals surface area contributed by atoms with E-state index in [0.717, 1.165) is 12.1 Å². The van der Waals surface area contributed by atoms with Gasteiger partial charge in [-0.15, -0.1) is 11.3 Å². The smallest absolute Gasteiger partial charge is 0.336 e. The van der Waals surface area contributed by atoms with Gasteiger partial charge in [-0.3, -0.25) is 0 Å². The molecule has 5 nitrogen and oxygen atoms in total. The van der Waals surface area contributed by atoms with Gasteiger partial charge in [0.2, 0.25) is 0 Å². The first kappa shape index (κ1) is 16.3. The van der Waals surface area contributed by atoms with Gasteiger partial charge in [-0.25, -0.2) is 23.6 Å². The molecule has 24 heavy (non-hydrogen) atoms. The molecular weight excluding hydrogens is 336 g/mol. The van der Waals surface area contributed by atoms with Crippen molar-refractivity contribution in [3.8, 4) is 0 Å². The summed E-state index contributed by atoms with van der Waals surface area (Å²) in [5, 5.41) is 14.9. The van der Waals surface area contributed by atoms with Crippen LogP contribution in [0.1, 0.15) is 24.4 Å². The highest BCUT2D eigenvalue weighted by molar-refractivity contribution is 7.11. The summed E-state index contributed by atoms with van der Waals surface area (Å²) in [7, 11) is 0. The van der Waals surface area contributed by atoms with E-state index < -0.39 is 23.1 Å². The molecule has 1 unspecified atom stereocenters. The highest BCUT2D eigenvalue weighted by atomic mass is 32.1. The lowest BCUT2D eigenvalue weighted by Gasteiger charge is -2.33. The lowest BCUT2D eigenvalue weighted by Crippen LogP contribution is -2.40. The van der Waals surface area contributed by atoms with E-state index in [1.807, 2.05) is 0 Å². The minimum Gasteiger partial charge on any atom is -0.478 e. The summed E-state index contributed by atoms with van der Waals surface area (Å²) in [5.41, 5.74) is -0.797. The lowest BCUT2D eigenvalue weighted by molar-refractivity contribution is -0.133. The third-order valence-electron chi connectivity index (χ3n) is 3.83. The average Bonchev–Trinajstić information content (AvgIpc) is 3.03. The standard InChI is InChI=1S/C16H13F2N3O2S/c1-8-12(15(22)23)16(2,9-3-4-10(17)11(18)7-9)21-13(20-8)14-19-5-6-24-14/h3-7H,1-2H3,(H,20,21)(H,22,23). The van der Waals surface area contributed by atoms with Crippen LogP contribution in [0.15, 0.2) is 46.0 Å². The molecule has 8 heteroatoms. The lowest BCUT2D eigenvalue weighted by atomic mass is 9.82. The van der Waals surface area contributed by atoms with E-state index in [0.29, 0.717) is 16.5 Å². The van der Waals surface area contributed by atoms with Crippen LogP contribution in [0.2, 0.25) is 0 Å². The number of halogens is 2. The maximum absolute atomic E-state index is 13.7.